The van der Waals surface area contributed by atoms with Gasteiger partial charge in [0.1, 0.15) is 10.6 Å². The number of nitro groups is 1. The van der Waals surface area contributed by atoms with Gasteiger partial charge < -0.3 is 5.32 Å². The van der Waals surface area contributed by atoms with Crippen LogP contribution in [0.1, 0.15) is 39.5 Å². The molecule has 1 saturated heterocycles. The molecule has 0 aliphatic carbocycles. The first kappa shape index (κ1) is 20.6. The van der Waals surface area contributed by atoms with E-state index in [0.29, 0.717) is 12.5 Å². The molecule has 2 rings (SSSR count). The fourth-order valence-corrected chi connectivity index (χ4v) is 4.44. The lowest BCUT2D eigenvalue weighted by molar-refractivity contribution is -0.386. The van der Waals surface area contributed by atoms with Gasteiger partial charge in [-0.3, -0.25) is 15.0 Å². The van der Waals surface area contributed by atoms with E-state index >= 15 is 0 Å². The molecule has 0 spiro atoms. The monoisotopic (exact) mass is 383 g/mol. The van der Waals surface area contributed by atoms with Crippen molar-refractivity contribution < 1.29 is 13.3 Å². The van der Waals surface area contributed by atoms with Crippen LogP contribution in [-0.4, -0.2) is 50.2 Å². The van der Waals surface area contributed by atoms with E-state index in [1.54, 1.807) is 12.1 Å². The molecule has 1 aliphatic rings. The van der Waals surface area contributed by atoms with Crippen molar-refractivity contribution in [2.24, 2.45) is 5.92 Å². The lowest BCUT2D eigenvalue weighted by Gasteiger charge is -2.34. The Hall–Kier alpha value is -1.67. The predicted octanol–water partition coefficient (Wildman–Crippen LogP) is 3.31. The van der Waals surface area contributed by atoms with Crippen LogP contribution in [-0.2, 0) is 9.84 Å². The summed E-state index contributed by atoms with van der Waals surface area (Å²) in [5.41, 5.74) is -0.105. The van der Waals surface area contributed by atoms with E-state index in [0.717, 1.165) is 19.3 Å². The molecule has 1 aliphatic heterocycles. The average molecular weight is 384 g/mol. The Kier molecular flexibility index (Phi) is 7.00. The topological polar surface area (TPSA) is 92.5 Å². The highest BCUT2D eigenvalue weighted by Gasteiger charge is 2.28. The molecule has 1 heterocycles. The summed E-state index contributed by atoms with van der Waals surface area (Å²) in [4.78, 5) is 13.1. The fraction of sp³-hybridized carbons (Fsp3) is 0.667. The summed E-state index contributed by atoms with van der Waals surface area (Å²) in [5.74, 6) is 0.387. The second-order valence-corrected chi connectivity index (χ2v) is 9.31. The Morgan fingerprint density at radius 2 is 1.81 bits per heavy atom. The Morgan fingerprint density at radius 3 is 2.31 bits per heavy atom. The molecule has 1 fully saturated rings. The van der Waals surface area contributed by atoms with Gasteiger partial charge in [0.15, 0.2) is 9.84 Å². The number of para-hydroxylation sites is 1. The number of nitrogens with zero attached hydrogens (tertiary/aromatic N) is 2. The van der Waals surface area contributed by atoms with Crippen LogP contribution in [0.25, 0.3) is 0 Å². The minimum Gasteiger partial charge on any atom is -0.378 e. The van der Waals surface area contributed by atoms with E-state index in [4.69, 9.17) is 0 Å². The molecule has 7 nitrogen and oxygen atoms in total. The zero-order valence-corrected chi connectivity index (χ0v) is 16.6. The summed E-state index contributed by atoms with van der Waals surface area (Å²) < 4.78 is 23.8. The van der Waals surface area contributed by atoms with Crippen molar-refractivity contribution in [2.45, 2.75) is 50.5 Å². The van der Waals surface area contributed by atoms with Gasteiger partial charge >= 0.3 is 5.69 Å². The maximum Gasteiger partial charge on any atom is 0.310 e. The molecule has 8 heteroatoms. The molecule has 1 atom stereocenters. The normalized spacial score (nSPS) is 17.7. The van der Waals surface area contributed by atoms with Crippen molar-refractivity contribution in [1.29, 1.82) is 0 Å². The van der Waals surface area contributed by atoms with Crippen molar-refractivity contribution in [3.05, 3.63) is 28.3 Å². The van der Waals surface area contributed by atoms with E-state index in [1.807, 2.05) is 0 Å². The van der Waals surface area contributed by atoms with Gasteiger partial charge in [0.25, 0.3) is 0 Å². The van der Waals surface area contributed by atoms with E-state index in [1.165, 1.54) is 31.7 Å². The largest absolute Gasteiger partial charge is 0.378 e. The SMILES string of the molecule is CC(C)C(CNc1cccc(S(C)(=O)=O)c1[N+](=O)[O-])N1CCCCCC1. The van der Waals surface area contributed by atoms with Crippen LogP contribution in [0, 0.1) is 16.0 Å². The molecule has 0 saturated carbocycles. The number of sulfone groups is 1. The highest BCUT2D eigenvalue weighted by Crippen LogP contribution is 2.32. The molecule has 0 aromatic heterocycles. The molecule has 0 amide bonds. The maximum absolute atomic E-state index is 11.9. The molecule has 1 aromatic rings. The van der Waals surface area contributed by atoms with Crippen LogP contribution in [0.15, 0.2) is 23.1 Å². The van der Waals surface area contributed by atoms with Gasteiger partial charge in [-0.05, 0) is 44.0 Å². The van der Waals surface area contributed by atoms with Gasteiger partial charge in [-0.1, -0.05) is 32.8 Å². The van der Waals surface area contributed by atoms with E-state index in [-0.39, 0.29) is 22.3 Å². The summed E-state index contributed by atoms with van der Waals surface area (Å²) in [5, 5.41) is 14.7. The van der Waals surface area contributed by atoms with Crippen molar-refractivity contribution in [3.63, 3.8) is 0 Å². The summed E-state index contributed by atoms with van der Waals surface area (Å²) in [6, 6.07) is 4.65. The van der Waals surface area contributed by atoms with Crippen molar-refractivity contribution in [2.75, 3.05) is 31.2 Å². The Bertz CT molecular complexity index is 726. The summed E-state index contributed by atoms with van der Waals surface area (Å²) >= 11 is 0. The second kappa shape index (κ2) is 8.81. The zero-order chi connectivity index (χ0) is 19.3. The van der Waals surface area contributed by atoms with Crippen LogP contribution < -0.4 is 5.32 Å². The van der Waals surface area contributed by atoms with E-state index in [2.05, 4.69) is 24.1 Å². The molecule has 0 bridgehead atoms. The number of likely N-dealkylation sites (tertiary alicyclic amines) is 1. The first-order valence-corrected chi connectivity index (χ1v) is 11.1. The van der Waals surface area contributed by atoms with Gasteiger partial charge in [0.05, 0.1) is 4.92 Å². The maximum atomic E-state index is 11.9. The van der Waals surface area contributed by atoms with Crippen LogP contribution in [0.3, 0.4) is 0 Å². The molecular formula is C18H29N3O4S. The Balaban J connectivity index is 2.25. The minimum absolute atomic E-state index is 0.245. The number of hydrogen-bond acceptors (Lipinski definition) is 6. The van der Waals surface area contributed by atoms with Crippen LogP contribution in [0.4, 0.5) is 11.4 Å². The van der Waals surface area contributed by atoms with Gasteiger partial charge in [0, 0.05) is 18.8 Å². The van der Waals surface area contributed by atoms with E-state index < -0.39 is 14.8 Å². The van der Waals surface area contributed by atoms with Gasteiger partial charge in [-0.15, -0.1) is 0 Å². The third kappa shape index (κ3) is 5.17. The third-order valence-corrected chi connectivity index (χ3v) is 6.09. The Labute approximate surface area is 155 Å². The van der Waals surface area contributed by atoms with Gasteiger partial charge in [-0.2, -0.15) is 0 Å². The van der Waals surface area contributed by atoms with Crippen LogP contribution in [0.2, 0.25) is 0 Å². The standard InChI is InChI=1S/C18H29N3O4S/c1-14(2)16(20-11-6-4-5-7-12-20)13-19-15-9-8-10-17(26(3,24)25)18(15)21(22)23/h8-10,14,16,19H,4-7,11-13H2,1-3H3. The summed E-state index contributed by atoms with van der Waals surface area (Å²) in [6.45, 7) is 6.93. The predicted molar refractivity (Wildman–Crippen MR) is 103 cm³/mol. The van der Waals surface area contributed by atoms with Crippen LogP contribution >= 0.6 is 0 Å². The highest BCUT2D eigenvalue weighted by molar-refractivity contribution is 7.90. The number of rotatable bonds is 7. The summed E-state index contributed by atoms with van der Waals surface area (Å²) in [7, 11) is -3.67. The molecule has 0 radical (unpaired) electrons. The Morgan fingerprint density at radius 1 is 1.19 bits per heavy atom. The number of anilines is 1. The summed E-state index contributed by atoms with van der Waals surface area (Å²) in [6.07, 6.45) is 5.83. The molecule has 26 heavy (non-hydrogen) atoms. The molecule has 1 unspecified atom stereocenters. The molecule has 146 valence electrons. The number of benzene rings is 1. The lowest BCUT2D eigenvalue weighted by atomic mass is 10.0. The zero-order valence-electron chi connectivity index (χ0n) is 15.8. The van der Waals surface area contributed by atoms with Crippen LogP contribution in [0.5, 0.6) is 0 Å². The average Bonchev–Trinajstić information content (AvgIpc) is 2.82. The number of nitrogens with one attached hydrogen (secondary N) is 1. The molecule has 1 aromatic carbocycles. The molecule has 1 N–H and O–H groups in total. The number of nitro benzene ring substituents is 1. The van der Waals surface area contributed by atoms with E-state index in [9.17, 15) is 18.5 Å². The van der Waals surface area contributed by atoms with Crippen molar-refractivity contribution in [3.8, 4) is 0 Å². The quantitative estimate of drug-likeness (QED) is 0.573. The first-order chi connectivity index (χ1) is 12.2. The number of hydrogen-bond donors (Lipinski definition) is 1. The molecular weight excluding hydrogens is 354 g/mol. The smallest absolute Gasteiger partial charge is 0.310 e. The first-order valence-electron chi connectivity index (χ1n) is 9.17. The van der Waals surface area contributed by atoms with Crippen molar-refractivity contribution >= 4 is 21.2 Å². The fourth-order valence-electron chi connectivity index (χ4n) is 3.58. The minimum atomic E-state index is -3.67. The highest BCUT2D eigenvalue weighted by atomic mass is 32.2. The second-order valence-electron chi connectivity index (χ2n) is 7.32. The van der Waals surface area contributed by atoms with Crippen molar-refractivity contribution in [1.82, 2.24) is 4.90 Å². The lowest BCUT2D eigenvalue weighted by Crippen LogP contribution is -2.44. The van der Waals surface area contributed by atoms with Gasteiger partial charge in [-0.25, -0.2) is 8.42 Å². The van der Waals surface area contributed by atoms with Gasteiger partial charge in [0.2, 0.25) is 0 Å². The third-order valence-electron chi connectivity index (χ3n) is 4.96.